The minimum atomic E-state index is -0.375. The highest BCUT2D eigenvalue weighted by molar-refractivity contribution is 9.10. The van der Waals surface area contributed by atoms with Crippen molar-refractivity contribution in [2.45, 2.75) is 13.5 Å². The van der Waals surface area contributed by atoms with Crippen LogP contribution in [0, 0.1) is 5.82 Å². The van der Waals surface area contributed by atoms with Crippen molar-refractivity contribution in [3.63, 3.8) is 0 Å². The van der Waals surface area contributed by atoms with E-state index in [4.69, 9.17) is 4.74 Å². The van der Waals surface area contributed by atoms with Gasteiger partial charge >= 0.3 is 0 Å². The highest BCUT2D eigenvalue weighted by Gasteiger charge is 2.04. The number of halogens is 2. The van der Waals surface area contributed by atoms with E-state index in [1.807, 2.05) is 19.1 Å². The van der Waals surface area contributed by atoms with Crippen molar-refractivity contribution in [1.82, 2.24) is 4.98 Å². The molecule has 0 unspecified atom stereocenters. The first-order valence-corrected chi connectivity index (χ1v) is 6.75. The molecule has 2 aromatic rings. The van der Waals surface area contributed by atoms with Gasteiger partial charge in [-0.3, -0.25) is 0 Å². The Balaban J connectivity index is 2.00. The van der Waals surface area contributed by atoms with Crippen LogP contribution in [0.25, 0.3) is 0 Å². The summed E-state index contributed by atoms with van der Waals surface area (Å²) in [6.07, 6.45) is 1.72. The molecule has 0 fully saturated rings. The average molecular weight is 325 g/mol. The Morgan fingerprint density at radius 3 is 2.84 bits per heavy atom. The Morgan fingerprint density at radius 1 is 1.32 bits per heavy atom. The molecule has 0 aliphatic carbocycles. The first kappa shape index (κ1) is 13.8. The minimum absolute atomic E-state index is 0.227. The van der Waals surface area contributed by atoms with E-state index in [1.54, 1.807) is 18.3 Å². The number of ether oxygens (including phenoxy) is 1. The summed E-state index contributed by atoms with van der Waals surface area (Å²) in [5.74, 6) is 0.672. The first-order valence-electron chi connectivity index (χ1n) is 5.95. The summed E-state index contributed by atoms with van der Waals surface area (Å²) in [4.78, 5) is 4.23. The molecule has 1 aromatic carbocycles. The molecule has 1 aromatic heterocycles. The van der Waals surface area contributed by atoms with E-state index in [0.29, 0.717) is 0 Å². The molecule has 1 heterocycles. The van der Waals surface area contributed by atoms with Crippen molar-refractivity contribution < 1.29 is 9.13 Å². The lowest BCUT2D eigenvalue weighted by atomic mass is 10.3. The Hall–Kier alpha value is -1.62. The number of nitrogens with zero attached hydrogens (tertiary/aromatic N) is 1. The lowest BCUT2D eigenvalue weighted by Crippen LogP contribution is -2.01. The topological polar surface area (TPSA) is 34.1 Å². The number of pyridine rings is 1. The maximum absolute atomic E-state index is 13.5. The van der Waals surface area contributed by atoms with Gasteiger partial charge in [0, 0.05) is 22.8 Å². The second kappa shape index (κ2) is 6.52. The fourth-order valence-electron chi connectivity index (χ4n) is 1.54. The summed E-state index contributed by atoms with van der Waals surface area (Å²) in [5, 5.41) is 3.11. The van der Waals surface area contributed by atoms with E-state index in [9.17, 15) is 4.39 Å². The van der Waals surface area contributed by atoms with Gasteiger partial charge in [0.05, 0.1) is 0 Å². The third-order valence-corrected chi connectivity index (χ3v) is 2.96. The molecule has 1 N–H and O–H groups in total. The molecule has 0 spiro atoms. The van der Waals surface area contributed by atoms with Crippen molar-refractivity contribution in [1.29, 1.82) is 0 Å². The van der Waals surface area contributed by atoms with Crippen LogP contribution in [-0.2, 0) is 6.61 Å². The van der Waals surface area contributed by atoms with Crippen molar-refractivity contribution in [3.05, 3.63) is 52.4 Å². The van der Waals surface area contributed by atoms with Crippen molar-refractivity contribution in [3.8, 4) is 5.75 Å². The Labute approximate surface area is 119 Å². The number of hydrogen-bond acceptors (Lipinski definition) is 3. The zero-order chi connectivity index (χ0) is 13.7. The molecule has 0 saturated carbocycles. The largest absolute Gasteiger partial charge is 0.486 e. The van der Waals surface area contributed by atoms with Crippen LogP contribution >= 0.6 is 15.9 Å². The normalized spacial score (nSPS) is 10.3. The highest BCUT2D eigenvalue weighted by atomic mass is 79.9. The van der Waals surface area contributed by atoms with Gasteiger partial charge < -0.3 is 10.1 Å². The second-order valence-electron chi connectivity index (χ2n) is 3.95. The Bertz CT molecular complexity index is 546. The molecular weight excluding hydrogens is 311 g/mol. The van der Waals surface area contributed by atoms with E-state index in [2.05, 4.69) is 26.2 Å². The van der Waals surface area contributed by atoms with E-state index < -0.39 is 0 Å². The number of aromatic nitrogens is 1. The molecule has 0 atom stereocenters. The predicted molar refractivity (Wildman–Crippen MR) is 76.8 cm³/mol. The number of hydrogen-bond donors (Lipinski definition) is 1. The summed E-state index contributed by atoms with van der Waals surface area (Å²) >= 11 is 3.28. The lowest BCUT2D eigenvalue weighted by Gasteiger charge is -2.08. The van der Waals surface area contributed by atoms with Crippen molar-refractivity contribution in [2.24, 2.45) is 0 Å². The fraction of sp³-hybridized carbons (Fsp3) is 0.214. The maximum atomic E-state index is 13.5. The molecule has 5 heteroatoms. The zero-order valence-electron chi connectivity index (χ0n) is 10.5. The van der Waals surface area contributed by atoms with Crippen molar-refractivity contribution >= 4 is 21.7 Å². The van der Waals surface area contributed by atoms with Crippen LogP contribution in [0.2, 0.25) is 0 Å². The lowest BCUT2D eigenvalue weighted by molar-refractivity contribution is 0.289. The number of rotatable bonds is 5. The average Bonchev–Trinajstić information content (AvgIpc) is 2.42. The van der Waals surface area contributed by atoms with Crippen LogP contribution in [0.4, 0.5) is 10.2 Å². The van der Waals surface area contributed by atoms with Crippen LogP contribution in [0.1, 0.15) is 12.5 Å². The molecule has 0 aliphatic heterocycles. The molecular formula is C14H14BrFN2O. The molecule has 0 aliphatic rings. The van der Waals surface area contributed by atoms with E-state index >= 15 is 0 Å². The summed E-state index contributed by atoms with van der Waals surface area (Å²) < 4.78 is 19.7. The first-order chi connectivity index (χ1) is 9.19. The summed E-state index contributed by atoms with van der Waals surface area (Å²) in [6.45, 7) is 3.12. The second-order valence-corrected chi connectivity index (χ2v) is 4.86. The molecule has 19 heavy (non-hydrogen) atoms. The number of anilines is 1. The maximum Gasteiger partial charge on any atom is 0.165 e. The smallest absolute Gasteiger partial charge is 0.165 e. The standard InChI is InChI=1S/C14H14BrFN2O/c1-2-17-14-6-3-10(8-18-14)9-19-13-7-11(15)4-5-12(13)16/h3-8H,2,9H2,1H3,(H,17,18). The molecule has 100 valence electrons. The summed E-state index contributed by atoms with van der Waals surface area (Å²) in [5.41, 5.74) is 0.890. The van der Waals surface area contributed by atoms with Gasteiger partial charge in [-0.15, -0.1) is 0 Å². The monoisotopic (exact) mass is 324 g/mol. The van der Waals surface area contributed by atoms with Gasteiger partial charge in [-0.2, -0.15) is 0 Å². The third-order valence-electron chi connectivity index (χ3n) is 2.47. The molecule has 0 saturated heterocycles. The van der Waals surface area contributed by atoms with E-state index in [0.717, 1.165) is 22.4 Å². The molecule has 0 amide bonds. The van der Waals surface area contributed by atoms with Gasteiger partial charge in [0.15, 0.2) is 11.6 Å². The minimum Gasteiger partial charge on any atom is -0.486 e. The van der Waals surface area contributed by atoms with Crippen molar-refractivity contribution in [2.75, 3.05) is 11.9 Å². The van der Waals surface area contributed by atoms with Gasteiger partial charge in [-0.25, -0.2) is 9.37 Å². The molecule has 0 bridgehead atoms. The van der Waals surface area contributed by atoms with Gasteiger partial charge in [-0.05, 0) is 31.2 Å². The predicted octanol–water partition coefficient (Wildman–Crippen LogP) is 3.99. The summed E-state index contributed by atoms with van der Waals surface area (Å²) in [6, 6.07) is 8.39. The van der Waals surface area contributed by atoms with E-state index in [-0.39, 0.29) is 18.2 Å². The summed E-state index contributed by atoms with van der Waals surface area (Å²) in [7, 11) is 0. The zero-order valence-corrected chi connectivity index (χ0v) is 12.1. The van der Waals surface area contributed by atoms with Crippen LogP contribution in [0.3, 0.4) is 0 Å². The van der Waals surface area contributed by atoms with E-state index in [1.165, 1.54) is 6.07 Å². The van der Waals surface area contributed by atoms with Gasteiger partial charge in [0.2, 0.25) is 0 Å². The Kier molecular flexibility index (Phi) is 4.74. The molecule has 3 nitrogen and oxygen atoms in total. The highest BCUT2D eigenvalue weighted by Crippen LogP contribution is 2.23. The van der Waals surface area contributed by atoms with Crippen LogP contribution in [-0.4, -0.2) is 11.5 Å². The van der Waals surface area contributed by atoms with Crippen LogP contribution in [0.5, 0.6) is 5.75 Å². The van der Waals surface area contributed by atoms with Crippen LogP contribution in [0.15, 0.2) is 41.0 Å². The third kappa shape index (κ3) is 3.92. The Morgan fingerprint density at radius 2 is 2.16 bits per heavy atom. The molecule has 0 radical (unpaired) electrons. The quantitative estimate of drug-likeness (QED) is 0.902. The molecule has 2 rings (SSSR count). The fourth-order valence-corrected chi connectivity index (χ4v) is 1.88. The van der Waals surface area contributed by atoms with Gasteiger partial charge in [-0.1, -0.05) is 22.0 Å². The van der Waals surface area contributed by atoms with Gasteiger partial charge in [0.25, 0.3) is 0 Å². The SMILES string of the molecule is CCNc1ccc(COc2cc(Br)ccc2F)cn1. The number of nitrogens with one attached hydrogen (secondary N) is 1. The van der Waals surface area contributed by atoms with Crippen LogP contribution < -0.4 is 10.1 Å². The van der Waals surface area contributed by atoms with Gasteiger partial charge in [0.1, 0.15) is 12.4 Å². The number of benzene rings is 1.